The number of carbonyl (C=O) groups is 1. The first kappa shape index (κ1) is 14.9. The Hall–Kier alpha value is -1.54. The maximum atomic E-state index is 14.0. The summed E-state index contributed by atoms with van der Waals surface area (Å²) in [6.45, 7) is 0.469. The van der Waals surface area contributed by atoms with Gasteiger partial charge in [0, 0.05) is 13.2 Å². The highest BCUT2D eigenvalue weighted by Crippen LogP contribution is 2.28. The number of sulfone groups is 1. The first-order valence-electron chi connectivity index (χ1n) is 5.88. The fourth-order valence-electron chi connectivity index (χ4n) is 2.11. The van der Waals surface area contributed by atoms with Crippen LogP contribution in [0.3, 0.4) is 0 Å². The molecule has 1 N–H and O–H groups in total. The summed E-state index contributed by atoms with van der Waals surface area (Å²) in [5.74, 6) is -4.70. The summed E-state index contributed by atoms with van der Waals surface area (Å²) in [4.78, 5) is 10.0. The highest BCUT2D eigenvalue weighted by atomic mass is 32.2. The van der Waals surface area contributed by atoms with Crippen molar-refractivity contribution in [1.29, 1.82) is 0 Å². The van der Waals surface area contributed by atoms with Crippen LogP contribution in [0.15, 0.2) is 17.0 Å². The standard InChI is InChI=1S/C12H12F2O5S/c13-8-1-2-9(11(14)10(8)12(15)16)20(17,18)7-3-5-19-6-4-7/h1-2,7H,3-6H2,(H,15,16). The summed E-state index contributed by atoms with van der Waals surface area (Å²) in [6.07, 6.45) is 0.392. The molecule has 0 atom stereocenters. The minimum absolute atomic E-state index is 0.196. The van der Waals surface area contributed by atoms with Crippen LogP contribution in [0.1, 0.15) is 23.2 Å². The van der Waals surface area contributed by atoms with Crippen LogP contribution >= 0.6 is 0 Å². The normalized spacial score (nSPS) is 17.1. The van der Waals surface area contributed by atoms with Crippen molar-refractivity contribution in [2.24, 2.45) is 0 Å². The molecule has 0 saturated carbocycles. The van der Waals surface area contributed by atoms with E-state index >= 15 is 0 Å². The van der Waals surface area contributed by atoms with Crippen molar-refractivity contribution in [3.63, 3.8) is 0 Å². The van der Waals surface area contributed by atoms with Crippen LogP contribution in [0, 0.1) is 11.6 Å². The Kier molecular flexibility index (Phi) is 4.05. The van der Waals surface area contributed by atoms with Gasteiger partial charge in [-0.3, -0.25) is 0 Å². The molecule has 0 amide bonds. The van der Waals surface area contributed by atoms with Crippen molar-refractivity contribution >= 4 is 15.8 Å². The van der Waals surface area contributed by atoms with E-state index in [1.165, 1.54) is 0 Å². The van der Waals surface area contributed by atoms with Gasteiger partial charge in [-0.05, 0) is 25.0 Å². The van der Waals surface area contributed by atoms with Gasteiger partial charge >= 0.3 is 5.97 Å². The summed E-state index contributed by atoms with van der Waals surface area (Å²) in [5, 5.41) is 7.90. The zero-order valence-electron chi connectivity index (χ0n) is 10.3. The number of carboxylic acids is 1. The predicted molar refractivity (Wildman–Crippen MR) is 64.3 cm³/mol. The minimum Gasteiger partial charge on any atom is -0.477 e. The van der Waals surface area contributed by atoms with E-state index in [2.05, 4.69) is 0 Å². The molecule has 20 heavy (non-hydrogen) atoms. The van der Waals surface area contributed by atoms with E-state index in [4.69, 9.17) is 9.84 Å². The summed E-state index contributed by atoms with van der Waals surface area (Å²) < 4.78 is 56.9. The molecule has 0 unspecified atom stereocenters. The van der Waals surface area contributed by atoms with E-state index in [0.29, 0.717) is 6.07 Å². The van der Waals surface area contributed by atoms with Crippen LogP contribution in [0.4, 0.5) is 8.78 Å². The van der Waals surface area contributed by atoms with Gasteiger partial charge < -0.3 is 9.84 Å². The molecule has 1 fully saturated rings. The molecule has 1 saturated heterocycles. The molecule has 1 aliphatic rings. The number of hydrogen-bond donors (Lipinski definition) is 1. The quantitative estimate of drug-likeness (QED) is 0.858. The second-order valence-electron chi connectivity index (χ2n) is 4.40. The van der Waals surface area contributed by atoms with E-state index in [0.717, 1.165) is 6.07 Å². The van der Waals surface area contributed by atoms with E-state index in [9.17, 15) is 22.0 Å². The van der Waals surface area contributed by atoms with Crippen molar-refractivity contribution in [2.45, 2.75) is 23.0 Å². The highest BCUT2D eigenvalue weighted by Gasteiger charge is 2.34. The second kappa shape index (κ2) is 5.45. The number of rotatable bonds is 3. The molecule has 1 aromatic rings. The molecule has 110 valence electrons. The zero-order valence-corrected chi connectivity index (χ0v) is 11.1. The molecule has 1 aromatic carbocycles. The molecule has 1 aliphatic heterocycles. The number of ether oxygens (including phenoxy) is 1. The Morgan fingerprint density at radius 2 is 1.85 bits per heavy atom. The number of aromatic carboxylic acids is 1. The average molecular weight is 306 g/mol. The van der Waals surface area contributed by atoms with Crippen LogP contribution in [-0.2, 0) is 14.6 Å². The van der Waals surface area contributed by atoms with Crippen molar-refractivity contribution in [2.75, 3.05) is 13.2 Å². The van der Waals surface area contributed by atoms with Gasteiger partial charge in [0.2, 0.25) is 0 Å². The SMILES string of the molecule is O=C(O)c1c(F)ccc(S(=O)(=O)C2CCOCC2)c1F. The second-order valence-corrected chi connectivity index (χ2v) is 6.59. The number of halogens is 2. The fraction of sp³-hybridized carbons (Fsp3) is 0.417. The van der Waals surface area contributed by atoms with Crippen LogP contribution in [0.25, 0.3) is 0 Å². The van der Waals surface area contributed by atoms with Crippen molar-refractivity contribution < 1.29 is 31.8 Å². The molecule has 0 aliphatic carbocycles. The highest BCUT2D eigenvalue weighted by molar-refractivity contribution is 7.92. The van der Waals surface area contributed by atoms with Gasteiger partial charge in [-0.2, -0.15) is 0 Å². The maximum absolute atomic E-state index is 14.0. The number of benzene rings is 1. The van der Waals surface area contributed by atoms with Gasteiger partial charge in [0.25, 0.3) is 0 Å². The molecule has 8 heteroatoms. The van der Waals surface area contributed by atoms with E-state index < -0.39 is 43.1 Å². The lowest BCUT2D eigenvalue weighted by atomic mass is 10.2. The first-order chi connectivity index (χ1) is 9.35. The first-order valence-corrected chi connectivity index (χ1v) is 7.43. The predicted octanol–water partition coefficient (Wildman–Crippen LogP) is 1.62. The molecule has 2 rings (SSSR count). The third-order valence-electron chi connectivity index (χ3n) is 3.18. The van der Waals surface area contributed by atoms with Crippen LogP contribution in [0.5, 0.6) is 0 Å². The summed E-state index contributed by atoms with van der Waals surface area (Å²) >= 11 is 0. The molecular formula is C12H12F2O5S. The third-order valence-corrected chi connectivity index (χ3v) is 5.46. The van der Waals surface area contributed by atoms with Gasteiger partial charge in [0.15, 0.2) is 15.7 Å². The molecule has 0 bridgehead atoms. The zero-order chi connectivity index (χ0) is 14.9. The van der Waals surface area contributed by atoms with Crippen molar-refractivity contribution in [3.8, 4) is 0 Å². The summed E-state index contributed by atoms with van der Waals surface area (Å²) in [5.41, 5.74) is -1.25. The monoisotopic (exact) mass is 306 g/mol. The molecule has 0 radical (unpaired) electrons. The van der Waals surface area contributed by atoms with Crippen LogP contribution in [0.2, 0.25) is 0 Å². The van der Waals surface area contributed by atoms with Gasteiger partial charge in [-0.25, -0.2) is 22.0 Å². The van der Waals surface area contributed by atoms with Gasteiger partial charge in [-0.1, -0.05) is 0 Å². The smallest absolute Gasteiger partial charge is 0.341 e. The van der Waals surface area contributed by atoms with Crippen molar-refractivity contribution in [3.05, 3.63) is 29.3 Å². The Labute approximate surface area is 114 Å². The van der Waals surface area contributed by atoms with Gasteiger partial charge in [0.05, 0.1) is 5.25 Å². The maximum Gasteiger partial charge on any atom is 0.341 e. The van der Waals surface area contributed by atoms with Gasteiger partial charge in [-0.15, -0.1) is 0 Å². The summed E-state index contributed by atoms with van der Waals surface area (Å²) in [7, 11) is -4.05. The molecular weight excluding hydrogens is 294 g/mol. The van der Waals surface area contributed by atoms with Crippen molar-refractivity contribution in [1.82, 2.24) is 0 Å². The lowest BCUT2D eigenvalue weighted by Gasteiger charge is -2.22. The lowest BCUT2D eigenvalue weighted by molar-refractivity contribution is 0.0685. The Morgan fingerprint density at radius 3 is 2.40 bits per heavy atom. The largest absolute Gasteiger partial charge is 0.477 e. The number of hydrogen-bond acceptors (Lipinski definition) is 4. The average Bonchev–Trinajstić information content (AvgIpc) is 2.39. The lowest BCUT2D eigenvalue weighted by Crippen LogP contribution is -2.30. The van der Waals surface area contributed by atoms with E-state index in [-0.39, 0.29) is 26.1 Å². The van der Waals surface area contributed by atoms with E-state index in [1.807, 2.05) is 0 Å². The van der Waals surface area contributed by atoms with E-state index in [1.54, 1.807) is 0 Å². The Morgan fingerprint density at radius 1 is 1.25 bits per heavy atom. The van der Waals surface area contributed by atoms with Gasteiger partial charge in [0.1, 0.15) is 16.3 Å². The number of carboxylic acid groups (broad SMARTS) is 1. The Bertz CT molecular complexity index is 635. The third kappa shape index (κ3) is 2.53. The molecule has 0 spiro atoms. The summed E-state index contributed by atoms with van der Waals surface area (Å²) in [6, 6.07) is 1.42. The minimum atomic E-state index is -4.05. The molecule has 1 heterocycles. The molecule has 0 aromatic heterocycles. The topological polar surface area (TPSA) is 80.7 Å². The van der Waals surface area contributed by atoms with Crippen LogP contribution < -0.4 is 0 Å². The fourth-order valence-corrected chi connectivity index (χ4v) is 3.90. The Balaban J connectivity index is 2.52. The molecule has 5 nitrogen and oxygen atoms in total. The van der Waals surface area contributed by atoms with Crippen LogP contribution in [-0.4, -0.2) is 38.0 Å².